The highest BCUT2D eigenvalue weighted by molar-refractivity contribution is 7.98. The maximum atomic E-state index is 12.9. The highest BCUT2D eigenvalue weighted by atomic mass is 32.2. The summed E-state index contributed by atoms with van der Waals surface area (Å²) in [5.41, 5.74) is 1.93. The summed E-state index contributed by atoms with van der Waals surface area (Å²) in [6.07, 6.45) is 5.85. The lowest BCUT2D eigenvalue weighted by atomic mass is 10.0. The topological polar surface area (TPSA) is 41.4 Å². The van der Waals surface area contributed by atoms with Gasteiger partial charge in [-0.05, 0) is 50.7 Å². The van der Waals surface area contributed by atoms with Crippen molar-refractivity contribution in [2.24, 2.45) is 7.05 Å². The second kappa shape index (κ2) is 8.06. The van der Waals surface area contributed by atoms with Crippen LogP contribution >= 0.6 is 11.8 Å². The van der Waals surface area contributed by atoms with E-state index in [0.717, 1.165) is 48.0 Å². The van der Waals surface area contributed by atoms with E-state index < -0.39 is 0 Å². The van der Waals surface area contributed by atoms with Gasteiger partial charge >= 0.3 is 0 Å². The van der Waals surface area contributed by atoms with Crippen molar-refractivity contribution in [1.82, 2.24) is 19.4 Å². The third kappa shape index (κ3) is 4.44. The minimum atomic E-state index is 0.124. The lowest BCUT2D eigenvalue weighted by molar-refractivity contribution is 0.0659. The molecule has 25 heavy (non-hydrogen) atoms. The zero-order chi connectivity index (χ0) is 17.8. The van der Waals surface area contributed by atoms with Gasteiger partial charge in [0.05, 0.1) is 0 Å². The predicted octanol–water partition coefficient (Wildman–Crippen LogP) is 2.88. The normalized spacial score (nSPS) is 16.1. The molecule has 1 aromatic heterocycles. The van der Waals surface area contributed by atoms with Gasteiger partial charge in [0, 0.05) is 43.8 Å². The van der Waals surface area contributed by atoms with Crippen LogP contribution in [0.25, 0.3) is 0 Å². The Labute approximate surface area is 154 Å². The first-order valence-electron chi connectivity index (χ1n) is 8.69. The monoisotopic (exact) mass is 358 g/mol. The van der Waals surface area contributed by atoms with Crippen LogP contribution in [0.3, 0.4) is 0 Å². The Balaban J connectivity index is 1.64. The van der Waals surface area contributed by atoms with E-state index in [1.54, 1.807) is 18.0 Å². The molecule has 2 heterocycles. The quantitative estimate of drug-likeness (QED) is 0.771. The average molecular weight is 359 g/mol. The minimum absolute atomic E-state index is 0.124. The summed E-state index contributed by atoms with van der Waals surface area (Å²) in [4.78, 5) is 21.4. The highest BCUT2D eigenvalue weighted by Gasteiger charge is 2.24. The maximum Gasteiger partial charge on any atom is 0.253 e. The number of aryl methyl sites for hydroxylation is 1. The molecule has 1 aliphatic heterocycles. The number of imidazole rings is 1. The fourth-order valence-electron chi connectivity index (χ4n) is 3.18. The van der Waals surface area contributed by atoms with E-state index in [2.05, 4.69) is 23.0 Å². The smallest absolute Gasteiger partial charge is 0.253 e. The summed E-state index contributed by atoms with van der Waals surface area (Å²) in [6.45, 7) is 2.12. The van der Waals surface area contributed by atoms with Gasteiger partial charge in [-0.15, -0.1) is 0 Å². The van der Waals surface area contributed by atoms with Crippen LogP contribution in [0.5, 0.6) is 0 Å². The van der Waals surface area contributed by atoms with Crippen molar-refractivity contribution < 1.29 is 4.79 Å². The number of carbonyl (C=O) groups excluding carboxylic acids is 1. The van der Waals surface area contributed by atoms with Crippen LogP contribution < -0.4 is 0 Å². The van der Waals surface area contributed by atoms with Crippen molar-refractivity contribution >= 4 is 17.7 Å². The van der Waals surface area contributed by atoms with E-state index in [1.165, 1.54) is 0 Å². The molecule has 0 atom stereocenters. The van der Waals surface area contributed by atoms with Crippen LogP contribution in [0, 0.1) is 0 Å². The summed E-state index contributed by atoms with van der Waals surface area (Å²) in [5, 5.41) is 0.986. The average Bonchev–Trinajstić information content (AvgIpc) is 3.04. The minimum Gasteiger partial charge on any atom is -0.339 e. The molecule has 5 nitrogen and oxygen atoms in total. The van der Waals surface area contributed by atoms with Gasteiger partial charge in [-0.1, -0.05) is 23.9 Å². The van der Waals surface area contributed by atoms with Crippen molar-refractivity contribution in [2.45, 2.75) is 29.8 Å². The van der Waals surface area contributed by atoms with Crippen LogP contribution in [0.15, 0.2) is 41.8 Å². The van der Waals surface area contributed by atoms with Crippen molar-refractivity contribution in [3.8, 4) is 0 Å². The molecule has 2 aromatic rings. The summed E-state index contributed by atoms with van der Waals surface area (Å²) in [7, 11) is 6.07. The second-order valence-electron chi connectivity index (χ2n) is 6.76. The van der Waals surface area contributed by atoms with Crippen LogP contribution in [0.1, 0.15) is 28.8 Å². The number of hydrogen-bond acceptors (Lipinski definition) is 4. The Bertz CT molecular complexity index is 722. The largest absolute Gasteiger partial charge is 0.339 e. The van der Waals surface area contributed by atoms with E-state index in [0.29, 0.717) is 6.04 Å². The molecule has 1 aliphatic rings. The molecule has 0 radical (unpaired) electrons. The molecule has 6 heteroatoms. The van der Waals surface area contributed by atoms with Gasteiger partial charge in [-0.25, -0.2) is 4.98 Å². The van der Waals surface area contributed by atoms with Crippen molar-refractivity contribution in [1.29, 1.82) is 0 Å². The molecule has 0 spiro atoms. The van der Waals surface area contributed by atoms with Gasteiger partial charge in [0.15, 0.2) is 5.16 Å². The zero-order valence-electron chi connectivity index (χ0n) is 15.2. The Morgan fingerprint density at radius 2 is 2.08 bits per heavy atom. The van der Waals surface area contributed by atoms with Gasteiger partial charge in [-0.2, -0.15) is 0 Å². The summed E-state index contributed by atoms with van der Waals surface area (Å²) < 4.78 is 2.01. The van der Waals surface area contributed by atoms with Gasteiger partial charge in [0.2, 0.25) is 0 Å². The van der Waals surface area contributed by atoms with Crippen molar-refractivity contribution in [3.63, 3.8) is 0 Å². The number of amides is 1. The number of carbonyl (C=O) groups is 1. The fourth-order valence-corrected chi connectivity index (χ4v) is 4.06. The molecule has 0 bridgehead atoms. The lowest BCUT2D eigenvalue weighted by Crippen LogP contribution is -2.44. The highest BCUT2D eigenvalue weighted by Crippen LogP contribution is 2.22. The molecule has 3 rings (SSSR count). The van der Waals surface area contributed by atoms with E-state index in [-0.39, 0.29) is 5.91 Å². The molecule has 0 N–H and O–H groups in total. The summed E-state index contributed by atoms with van der Waals surface area (Å²) >= 11 is 1.69. The van der Waals surface area contributed by atoms with Gasteiger partial charge in [0.25, 0.3) is 5.91 Å². The van der Waals surface area contributed by atoms with Crippen molar-refractivity contribution in [3.05, 3.63) is 47.8 Å². The Morgan fingerprint density at radius 3 is 2.76 bits per heavy atom. The lowest BCUT2D eigenvalue weighted by Gasteiger charge is -2.35. The number of aromatic nitrogens is 2. The molecule has 1 aromatic carbocycles. The second-order valence-corrected chi connectivity index (χ2v) is 7.70. The molecule has 0 unspecified atom stereocenters. The third-order valence-corrected chi connectivity index (χ3v) is 6.00. The van der Waals surface area contributed by atoms with Crippen LogP contribution in [0.4, 0.5) is 0 Å². The Morgan fingerprint density at radius 1 is 1.32 bits per heavy atom. The number of thioether (sulfide) groups is 1. The van der Waals surface area contributed by atoms with Gasteiger partial charge < -0.3 is 14.4 Å². The van der Waals surface area contributed by atoms with Crippen LogP contribution in [0.2, 0.25) is 0 Å². The van der Waals surface area contributed by atoms with Crippen molar-refractivity contribution in [2.75, 3.05) is 27.2 Å². The molecule has 0 aliphatic carbocycles. The first kappa shape index (κ1) is 18.0. The molecule has 1 amide bonds. The molecule has 1 fully saturated rings. The molecule has 0 saturated carbocycles. The molecular formula is C19H26N4OS. The van der Waals surface area contributed by atoms with Crippen LogP contribution in [-0.4, -0.2) is 58.5 Å². The third-order valence-electron chi connectivity index (χ3n) is 4.87. The number of nitrogens with zero attached hydrogens (tertiary/aromatic N) is 4. The standard InChI is InChI=1S/C19H26N4OS/c1-21-10-7-17(8-11-21)23(3)18(24)16-6-4-5-15(13-16)14-25-19-20-9-12-22(19)2/h4-6,9,12-13,17H,7-8,10-11,14H2,1-3H3. The van der Waals surface area contributed by atoms with E-state index in [4.69, 9.17) is 0 Å². The van der Waals surface area contributed by atoms with Crippen LogP contribution in [-0.2, 0) is 12.8 Å². The van der Waals surface area contributed by atoms with Gasteiger partial charge in [0.1, 0.15) is 0 Å². The number of piperidine rings is 1. The zero-order valence-corrected chi connectivity index (χ0v) is 16.0. The number of rotatable bonds is 5. The molecular weight excluding hydrogens is 332 g/mol. The van der Waals surface area contributed by atoms with E-state index in [1.807, 2.05) is 48.0 Å². The number of hydrogen-bond donors (Lipinski definition) is 0. The SMILES string of the molecule is CN1CCC(N(C)C(=O)c2cccc(CSc3nccn3C)c2)CC1. The van der Waals surface area contributed by atoms with E-state index in [9.17, 15) is 4.79 Å². The molecule has 134 valence electrons. The van der Waals surface area contributed by atoms with E-state index >= 15 is 0 Å². The number of likely N-dealkylation sites (tertiary alicyclic amines) is 1. The number of benzene rings is 1. The Kier molecular flexibility index (Phi) is 5.81. The summed E-state index contributed by atoms with van der Waals surface area (Å²) in [6, 6.07) is 8.33. The molecule has 1 saturated heterocycles. The van der Waals surface area contributed by atoms with Gasteiger partial charge in [-0.3, -0.25) is 4.79 Å². The predicted molar refractivity (Wildman–Crippen MR) is 102 cm³/mol. The Hall–Kier alpha value is -1.79. The first-order valence-corrected chi connectivity index (χ1v) is 9.68. The maximum absolute atomic E-state index is 12.9. The summed E-state index contributed by atoms with van der Waals surface area (Å²) in [5.74, 6) is 0.933. The fraction of sp³-hybridized carbons (Fsp3) is 0.474. The first-order chi connectivity index (χ1) is 12.0.